The minimum atomic E-state index is -0.151. The predicted octanol–water partition coefficient (Wildman–Crippen LogP) is 1.31. The molecule has 0 bridgehead atoms. The van der Waals surface area contributed by atoms with Gasteiger partial charge in [-0.15, -0.1) is 11.3 Å². The Morgan fingerprint density at radius 2 is 2.30 bits per heavy atom. The van der Waals surface area contributed by atoms with Crippen molar-refractivity contribution in [1.29, 1.82) is 0 Å². The fourth-order valence-electron chi connectivity index (χ4n) is 2.34. The standard InChI is InChI=1S/C13H21N3O3S/c1-4-15-12(17)11-9(14)10(19-3)13(20-11)16-6-5-8(7-16)18-2/h8H,4-7,14H2,1-3H3,(H,15,17). The average Bonchev–Trinajstić information content (AvgIpc) is 3.02. The third kappa shape index (κ3) is 2.69. The molecule has 2 heterocycles. The van der Waals surface area contributed by atoms with Gasteiger partial charge in [0.2, 0.25) is 0 Å². The lowest BCUT2D eigenvalue weighted by molar-refractivity contribution is 0.0960. The van der Waals surface area contributed by atoms with E-state index in [-0.39, 0.29) is 12.0 Å². The molecule has 6 nitrogen and oxygen atoms in total. The zero-order chi connectivity index (χ0) is 14.7. The number of carbonyl (C=O) groups is 1. The number of anilines is 2. The molecule has 0 aliphatic carbocycles. The van der Waals surface area contributed by atoms with Crippen molar-refractivity contribution in [2.45, 2.75) is 19.4 Å². The molecule has 0 saturated carbocycles. The fourth-order valence-corrected chi connectivity index (χ4v) is 3.48. The first kappa shape index (κ1) is 14.9. The van der Waals surface area contributed by atoms with E-state index < -0.39 is 0 Å². The molecular weight excluding hydrogens is 278 g/mol. The zero-order valence-corrected chi connectivity index (χ0v) is 12.9. The van der Waals surface area contributed by atoms with Gasteiger partial charge < -0.3 is 25.4 Å². The molecule has 2 rings (SSSR count). The molecule has 3 N–H and O–H groups in total. The van der Waals surface area contributed by atoms with E-state index in [0.29, 0.717) is 22.9 Å². The molecule has 0 spiro atoms. The first-order valence-electron chi connectivity index (χ1n) is 6.64. The van der Waals surface area contributed by atoms with Crippen molar-refractivity contribution in [1.82, 2.24) is 5.32 Å². The number of methoxy groups -OCH3 is 2. The lowest BCUT2D eigenvalue weighted by atomic mass is 10.3. The summed E-state index contributed by atoms with van der Waals surface area (Å²) in [6.45, 7) is 4.12. The Bertz CT molecular complexity index is 489. The highest BCUT2D eigenvalue weighted by atomic mass is 32.1. The monoisotopic (exact) mass is 299 g/mol. The van der Waals surface area contributed by atoms with Crippen LogP contribution in [-0.2, 0) is 4.74 Å². The quantitative estimate of drug-likeness (QED) is 0.857. The van der Waals surface area contributed by atoms with Crippen molar-refractivity contribution < 1.29 is 14.3 Å². The van der Waals surface area contributed by atoms with E-state index in [1.807, 2.05) is 6.92 Å². The van der Waals surface area contributed by atoms with Crippen LogP contribution in [-0.4, -0.2) is 45.9 Å². The van der Waals surface area contributed by atoms with E-state index in [9.17, 15) is 4.79 Å². The minimum Gasteiger partial charge on any atom is -0.492 e. The van der Waals surface area contributed by atoms with Crippen molar-refractivity contribution in [2.75, 3.05) is 44.5 Å². The molecule has 112 valence electrons. The lowest BCUT2D eigenvalue weighted by Gasteiger charge is -2.17. The summed E-state index contributed by atoms with van der Waals surface area (Å²) in [6.07, 6.45) is 1.18. The molecule has 1 aromatic rings. The number of hydrogen-bond acceptors (Lipinski definition) is 6. The number of ether oxygens (including phenoxy) is 2. The zero-order valence-electron chi connectivity index (χ0n) is 12.1. The Labute approximate surface area is 122 Å². The molecular formula is C13H21N3O3S. The van der Waals surface area contributed by atoms with Crippen LogP contribution in [0.25, 0.3) is 0 Å². The fraction of sp³-hybridized carbons (Fsp3) is 0.615. The number of nitrogen functional groups attached to an aromatic ring is 1. The molecule has 1 fully saturated rings. The SMILES string of the molecule is CCNC(=O)c1sc(N2CCC(OC)C2)c(OC)c1N. The second-order valence-electron chi connectivity index (χ2n) is 4.64. The highest BCUT2D eigenvalue weighted by Gasteiger charge is 2.29. The van der Waals surface area contributed by atoms with Crippen LogP contribution in [0.15, 0.2) is 0 Å². The number of hydrogen-bond donors (Lipinski definition) is 2. The predicted molar refractivity (Wildman–Crippen MR) is 80.9 cm³/mol. The van der Waals surface area contributed by atoms with E-state index in [1.54, 1.807) is 14.2 Å². The number of nitrogens with one attached hydrogen (secondary N) is 1. The van der Waals surface area contributed by atoms with Crippen LogP contribution in [0, 0.1) is 0 Å². The highest BCUT2D eigenvalue weighted by Crippen LogP contribution is 2.45. The van der Waals surface area contributed by atoms with Gasteiger partial charge in [-0.25, -0.2) is 0 Å². The van der Waals surface area contributed by atoms with Crippen LogP contribution >= 0.6 is 11.3 Å². The van der Waals surface area contributed by atoms with E-state index in [1.165, 1.54) is 11.3 Å². The highest BCUT2D eigenvalue weighted by molar-refractivity contribution is 7.19. The summed E-state index contributed by atoms with van der Waals surface area (Å²) in [7, 11) is 3.29. The number of amides is 1. The normalized spacial score (nSPS) is 18.4. The summed E-state index contributed by atoms with van der Waals surface area (Å²) in [6, 6.07) is 0. The van der Waals surface area contributed by atoms with Crippen LogP contribution in [0.1, 0.15) is 23.0 Å². The maximum absolute atomic E-state index is 12.0. The number of rotatable bonds is 5. The molecule has 1 unspecified atom stereocenters. The first-order valence-corrected chi connectivity index (χ1v) is 7.46. The first-order chi connectivity index (χ1) is 9.62. The van der Waals surface area contributed by atoms with Gasteiger partial charge in [-0.2, -0.15) is 0 Å². The van der Waals surface area contributed by atoms with Gasteiger partial charge in [-0.3, -0.25) is 4.79 Å². The Morgan fingerprint density at radius 1 is 1.55 bits per heavy atom. The number of nitrogens with zero attached hydrogens (tertiary/aromatic N) is 1. The average molecular weight is 299 g/mol. The third-order valence-electron chi connectivity index (χ3n) is 3.40. The maximum atomic E-state index is 12.0. The Kier molecular flexibility index (Phi) is 4.72. The van der Waals surface area contributed by atoms with E-state index in [4.69, 9.17) is 15.2 Å². The summed E-state index contributed by atoms with van der Waals surface area (Å²) in [5, 5.41) is 3.68. The van der Waals surface area contributed by atoms with Crippen LogP contribution in [0.2, 0.25) is 0 Å². The third-order valence-corrected chi connectivity index (χ3v) is 4.64. The number of carbonyl (C=O) groups excluding carboxylic acids is 1. The summed E-state index contributed by atoms with van der Waals surface area (Å²) < 4.78 is 10.8. The van der Waals surface area contributed by atoms with Crippen LogP contribution in [0.4, 0.5) is 10.7 Å². The summed E-state index contributed by atoms with van der Waals surface area (Å²) >= 11 is 1.38. The Balaban J connectivity index is 2.29. The van der Waals surface area contributed by atoms with Crippen molar-refractivity contribution in [3.63, 3.8) is 0 Å². The molecule has 20 heavy (non-hydrogen) atoms. The van der Waals surface area contributed by atoms with Gasteiger partial charge in [0.15, 0.2) is 5.75 Å². The lowest BCUT2D eigenvalue weighted by Crippen LogP contribution is -2.22. The largest absolute Gasteiger partial charge is 0.492 e. The molecule has 7 heteroatoms. The van der Waals surface area contributed by atoms with E-state index in [2.05, 4.69) is 10.2 Å². The van der Waals surface area contributed by atoms with E-state index in [0.717, 1.165) is 24.5 Å². The topological polar surface area (TPSA) is 76.8 Å². The van der Waals surface area contributed by atoms with Gasteiger partial charge in [0.25, 0.3) is 5.91 Å². The van der Waals surface area contributed by atoms with Gasteiger partial charge in [0.05, 0.1) is 13.2 Å². The van der Waals surface area contributed by atoms with Crippen LogP contribution in [0.5, 0.6) is 5.75 Å². The van der Waals surface area contributed by atoms with Crippen LogP contribution in [0.3, 0.4) is 0 Å². The summed E-state index contributed by atoms with van der Waals surface area (Å²) in [5.74, 6) is 0.440. The molecule has 0 radical (unpaired) electrons. The minimum absolute atomic E-state index is 0.151. The molecule has 1 aliphatic heterocycles. The second-order valence-corrected chi connectivity index (χ2v) is 5.63. The summed E-state index contributed by atoms with van der Waals surface area (Å²) in [5.41, 5.74) is 6.46. The van der Waals surface area contributed by atoms with Crippen molar-refractivity contribution in [2.24, 2.45) is 0 Å². The smallest absolute Gasteiger partial charge is 0.263 e. The van der Waals surface area contributed by atoms with Gasteiger partial charge in [0.1, 0.15) is 15.6 Å². The van der Waals surface area contributed by atoms with Gasteiger partial charge in [-0.1, -0.05) is 0 Å². The molecule has 1 aromatic heterocycles. The van der Waals surface area contributed by atoms with Crippen molar-refractivity contribution in [3.8, 4) is 5.75 Å². The van der Waals surface area contributed by atoms with Gasteiger partial charge in [-0.05, 0) is 13.3 Å². The van der Waals surface area contributed by atoms with Crippen molar-refractivity contribution in [3.05, 3.63) is 4.88 Å². The molecule has 1 atom stereocenters. The molecule has 1 saturated heterocycles. The van der Waals surface area contributed by atoms with Gasteiger partial charge >= 0.3 is 0 Å². The van der Waals surface area contributed by atoms with Crippen molar-refractivity contribution >= 4 is 27.9 Å². The second kappa shape index (κ2) is 6.32. The maximum Gasteiger partial charge on any atom is 0.263 e. The summed E-state index contributed by atoms with van der Waals surface area (Å²) in [4.78, 5) is 14.7. The molecule has 1 amide bonds. The number of nitrogens with two attached hydrogens (primary N) is 1. The Morgan fingerprint density at radius 3 is 2.85 bits per heavy atom. The van der Waals surface area contributed by atoms with Gasteiger partial charge in [0, 0.05) is 26.7 Å². The Hall–Kier alpha value is -1.47. The van der Waals surface area contributed by atoms with Crippen LogP contribution < -0.4 is 20.7 Å². The molecule has 1 aliphatic rings. The van der Waals surface area contributed by atoms with E-state index >= 15 is 0 Å². The number of thiophene rings is 1. The molecule has 0 aromatic carbocycles.